The molecule has 1 atom stereocenters. The molecule has 1 aromatic carbocycles. The van der Waals surface area contributed by atoms with E-state index >= 15 is 0 Å². The summed E-state index contributed by atoms with van der Waals surface area (Å²) in [5.41, 5.74) is 6.60. The predicted molar refractivity (Wildman–Crippen MR) is 92.7 cm³/mol. The highest BCUT2D eigenvalue weighted by Gasteiger charge is 2.11. The van der Waals surface area contributed by atoms with Crippen molar-refractivity contribution in [3.63, 3.8) is 0 Å². The van der Waals surface area contributed by atoms with Crippen LogP contribution >= 0.6 is 12.4 Å². The van der Waals surface area contributed by atoms with Gasteiger partial charge in [-0.15, -0.1) is 12.4 Å². The Hall–Kier alpha value is -2.18. The molecule has 0 aliphatic carbocycles. The third-order valence-corrected chi connectivity index (χ3v) is 3.24. The van der Waals surface area contributed by atoms with Crippen LogP contribution in [0.2, 0.25) is 0 Å². The van der Waals surface area contributed by atoms with Gasteiger partial charge in [0.1, 0.15) is 11.6 Å². The van der Waals surface area contributed by atoms with Crippen molar-refractivity contribution in [2.75, 3.05) is 0 Å². The molecule has 7 heteroatoms. The van der Waals surface area contributed by atoms with Gasteiger partial charge >= 0.3 is 0 Å². The number of carbonyl (C=O) groups excluding carboxylic acids is 1. The zero-order valence-electron chi connectivity index (χ0n) is 13.4. The van der Waals surface area contributed by atoms with Crippen LogP contribution in [0.25, 0.3) is 0 Å². The highest BCUT2D eigenvalue weighted by Crippen LogP contribution is 2.20. The van der Waals surface area contributed by atoms with Crippen molar-refractivity contribution < 1.29 is 13.9 Å². The van der Waals surface area contributed by atoms with Gasteiger partial charge in [0, 0.05) is 18.8 Å². The molecular weight excluding hydrogens is 333 g/mol. The summed E-state index contributed by atoms with van der Waals surface area (Å²) in [5, 5.41) is 2.79. The molecule has 130 valence electrons. The topological polar surface area (TPSA) is 77.2 Å². The largest absolute Gasteiger partial charge is 0.439 e. The van der Waals surface area contributed by atoms with Crippen LogP contribution in [0.1, 0.15) is 25.3 Å². The van der Waals surface area contributed by atoms with Crippen LogP contribution in [0, 0.1) is 5.82 Å². The van der Waals surface area contributed by atoms with Crippen LogP contribution in [-0.4, -0.2) is 16.9 Å². The maximum Gasteiger partial charge on any atom is 0.237 e. The molecule has 0 bridgehead atoms. The molecule has 1 aromatic heterocycles. The summed E-state index contributed by atoms with van der Waals surface area (Å²) in [4.78, 5) is 15.9. The van der Waals surface area contributed by atoms with Gasteiger partial charge in [-0.05, 0) is 42.3 Å². The third kappa shape index (κ3) is 6.14. The average molecular weight is 354 g/mol. The number of carbonyl (C=O) groups is 1. The average Bonchev–Trinajstić information content (AvgIpc) is 2.55. The molecule has 2 rings (SSSR count). The van der Waals surface area contributed by atoms with E-state index in [1.54, 1.807) is 18.3 Å². The van der Waals surface area contributed by atoms with E-state index in [9.17, 15) is 9.18 Å². The second-order valence-corrected chi connectivity index (χ2v) is 5.17. The monoisotopic (exact) mass is 353 g/mol. The Balaban J connectivity index is 0.00000288. The van der Waals surface area contributed by atoms with Crippen molar-refractivity contribution in [1.29, 1.82) is 0 Å². The molecule has 0 radical (unpaired) electrons. The number of ether oxygens (including phenoxy) is 1. The number of pyridine rings is 1. The Morgan fingerprint density at radius 1 is 1.33 bits per heavy atom. The van der Waals surface area contributed by atoms with Crippen molar-refractivity contribution in [2.45, 2.75) is 32.4 Å². The van der Waals surface area contributed by atoms with Gasteiger partial charge in [-0.1, -0.05) is 13.3 Å². The van der Waals surface area contributed by atoms with Crippen molar-refractivity contribution in [3.05, 3.63) is 54.0 Å². The minimum absolute atomic E-state index is 0. The van der Waals surface area contributed by atoms with Gasteiger partial charge in [0.25, 0.3) is 0 Å². The first-order chi connectivity index (χ1) is 11.1. The van der Waals surface area contributed by atoms with Gasteiger partial charge in [-0.3, -0.25) is 4.79 Å². The van der Waals surface area contributed by atoms with Crippen LogP contribution in [0.15, 0.2) is 42.6 Å². The number of benzene rings is 1. The van der Waals surface area contributed by atoms with Crippen molar-refractivity contribution in [2.24, 2.45) is 5.73 Å². The summed E-state index contributed by atoms with van der Waals surface area (Å²) in [6.07, 6.45) is 3.10. The number of nitrogens with two attached hydrogens (primary N) is 1. The van der Waals surface area contributed by atoms with Crippen molar-refractivity contribution >= 4 is 18.3 Å². The molecule has 24 heavy (non-hydrogen) atoms. The van der Waals surface area contributed by atoms with Crippen LogP contribution in [0.4, 0.5) is 4.39 Å². The maximum atomic E-state index is 12.9. The molecule has 3 N–H and O–H groups in total. The number of nitrogens with zero attached hydrogens (tertiary/aromatic N) is 1. The van der Waals surface area contributed by atoms with Crippen LogP contribution in [0.5, 0.6) is 11.6 Å². The molecule has 0 saturated heterocycles. The number of hydrogen-bond donors (Lipinski definition) is 2. The Morgan fingerprint density at radius 3 is 2.71 bits per heavy atom. The SMILES string of the molecule is CCCC(N)C(=O)NCc1ccnc(Oc2ccc(F)cc2)c1.Cl. The quantitative estimate of drug-likeness (QED) is 0.801. The first-order valence-electron chi connectivity index (χ1n) is 7.50. The molecule has 0 aliphatic rings. The molecule has 5 nitrogen and oxygen atoms in total. The molecule has 1 unspecified atom stereocenters. The smallest absolute Gasteiger partial charge is 0.237 e. The van der Waals surface area contributed by atoms with Gasteiger partial charge < -0.3 is 15.8 Å². The number of hydrogen-bond acceptors (Lipinski definition) is 4. The second-order valence-electron chi connectivity index (χ2n) is 5.17. The lowest BCUT2D eigenvalue weighted by atomic mass is 10.1. The molecular formula is C17H21ClFN3O2. The molecule has 0 aliphatic heterocycles. The lowest BCUT2D eigenvalue weighted by Crippen LogP contribution is -2.40. The van der Waals surface area contributed by atoms with E-state index in [0.29, 0.717) is 24.6 Å². The van der Waals surface area contributed by atoms with E-state index < -0.39 is 6.04 Å². The Bertz CT molecular complexity index is 653. The van der Waals surface area contributed by atoms with Crippen LogP contribution in [0.3, 0.4) is 0 Å². The van der Waals surface area contributed by atoms with E-state index in [1.165, 1.54) is 24.3 Å². The second kappa shape index (κ2) is 9.85. The summed E-state index contributed by atoms with van der Waals surface area (Å²) in [5.74, 6) is 0.362. The highest BCUT2D eigenvalue weighted by atomic mass is 35.5. The summed E-state index contributed by atoms with van der Waals surface area (Å²) in [6, 6.07) is 8.68. The van der Waals surface area contributed by atoms with Crippen molar-refractivity contribution in [3.8, 4) is 11.6 Å². The number of amides is 1. The van der Waals surface area contributed by atoms with Gasteiger partial charge in [0.15, 0.2) is 0 Å². The number of halogens is 2. The molecule has 0 fully saturated rings. The lowest BCUT2D eigenvalue weighted by Gasteiger charge is -2.11. The van der Waals surface area contributed by atoms with Gasteiger partial charge in [-0.2, -0.15) is 0 Å². The summed E-state index contributed by atoms with van der Waals surface area (Å²) in [7, 11) is 0. The molecule has 1 amide bonds. The summed E-state index contributed by atoms with van der Waals surface area (Å²) < 4.78 is 18.4. The molecule has 0 saturated carbocycles. The molecule has 1 heterocycles. The lowest BCUT2D eigenvalue weighted by molar-refractivity contribution is -0.122. The highest BCUT2D eigenvalue weighted by molar-refractivity contribution is 5.85. The minimum Gasteiger partial charge on any atom is -0.439 e. The van der Waals surface area contributed by atoms with Gasteiger partial charge in [0.05, 0.1) is 6.04 Å². The minimum atomic E-state index is -0.489. The fourth-order valence-electron chi connectivity index (χ4n) is 2.00. The standard InChI is InChI=1S/C17H20FN3O2.ClH/c1-2-3-15(19)17(22)21-11-12-8-9-20-16(10-12)23-14-6-4-13(18)5-7-14;/h4-10,15H,2-3,11,19H2,1H3,(H,21,22);1H. The van der Waals surface area contributed by atoms with E-state index in [2.05, 4.69) is 10.3 Å². The molecule has 0 spiro atoms. The fraction of sp³-hybridized carbons (Fsp3) is 0.294. The van der Waals surface area contributed by atoms with Crippen LogP contribution in [-0.2, 0) is 11.3 Å². The van der Waals surface area contributed by atoms with Crippen LogP contribution < -0.4 is 15.8 Å². The third-order valence-electron chi connectivity index (χ3n) is 3.24. The zero-order chi connectivity index (χ0) is 16.7. The number of aromatic nitrogens is 1. The number of nitrogens with one attached hydrogen (secondary N) is 1. The van der Waals surface area contributed by atoms with Crippen molar-refractivity contribution in [1.82, 2.24) is 10.3 Å². The Morgan fingerprint density at radius 2 is 2.04 bits per heavy atom. The fourth-order valence-corrected chi connectivity index (χ4v) is 2.00. The zero-order valence-corrected chi connectivity index (χ0v) is 14.2. The van der Waals surface area contributed by atoms with E-state index in [-0.39, 0.29) is 24.1 Å². The Labute approximate surface area is 146 Å². The first kappa shape index (κ1) is 19.9. The Kier molecular flexibility index (Phi) is 8.15. The van der Waals surface area contributed by atoms with E-state index in [1.807, 2.05) is 6.92 Å². The normalized spacial score (nSPS) is 11.3. The van der Waals surface area contributed by atoms with E-state index in [4.69, 9.17) is 10.5 Å². The predicted octanol–water partition coefficient (Wildman–Crippen LogP) is 3.18. The number of rotatable bonds is 7. The first-order valence-corrected chi connectivity index (χ1v) is 7.50. The van der Waals surface area contributed by atoms with E-state index in [0.717, 1.165) is 12.0 Å². The molecule has 2 aromatic rings. The van der Waals surface area contributed by atoms with Gasteiger partial charge in [0.2, 0.25) is 11.8 Å². The maximum absolute atomic E-state index is 12.9. The summed E-state index contributed by atoms with van der Waals surface area (Å²) in [6.45, 7) is 2.33. The summed E-state index contributed by atoms with van der Waals surface area (Å²) >= 11 is 0. The van der Waals surface area contributed by atoms with Gasteiger partial charge in [-0.25, -0.2) is 9.37 Å².